The summed E-state index contributed by atoms with van der Waals surface area (Å²) >= 11 is 6.32. The number of Topliss-reactive ketones (excluding diaryl/α,β-unsaturated/α-hetero) is 1. The van der Waals surface area contributed by atoms with Gasteiger partial charge in [-0.1, -0.05) is 29.8 Å². The third-order valence-corrected chi connectivity index (χ3v) is 5.79. The fourth-order valence-electron chi connectivity index (χ4n) is 3.84. The Morgan fingerprint density at radius 2 is 1.82 bits per heavy atom. The van der Waals surface area contributed by atoms with Crippen LogP contribution in [0.5, 0.6) is 5.75 Å². The summed E-state index contributed by atoms with van der Waals surface area (Å²) in [5.74, 6) is -1.24. The molecule has 1 aliphatic heterocycles. The highest BCUT2D eigenvalue weighted by Crippen LogP contribution is 2.43. The van der Waals surface area contributed by atoms with E-state index in [-0.39, 0.29) is 17.4 Å². The van der Waals surface area contributed by atoms with Crippen LogP contribution in [0.1, 0.15) is 36.6 Å². The summed E-state index contributed by atoms with van der Waals surface area (Å²) in [6.45, 7) is 5.65. The second-order valence-corrected chi connectivity index (χ2v) is 8.48. The van der Waals surface area contributed by atoms with E-state index in [4.69, 9.17) is 16.3 Å². The van der Waals surface area contributed by atoms with Crippen molar-refractivity contribution in [3.05, 3.63) is 94.3 Å². The van der Waals surface area contributed by atoms with E-state index in [0.717, 1.165) is 5.56 Å². The first-order valence-corrected chi connectivity index (χ1v) is 10.9. The van der Waals surface area contributed by atoms with Crippen molar-refractivity contribution in [1.82, 2.24) is 4.98 Å². The average Bonchev–Trinajstić information content (AvgIpc) is 3.06. The SMILES string of the molecule is Cc1ccc(N2C(=O)C(=O)/C(=C(/O)c3cccc(OC(C)C)c3)C2c2ccncc2)cc1Cl. The number of aromatic nitrogens is 1. The van der Waals surface area contributed by atoms with Crippen LogP contribution in [-0.4, -0.2) is 27.9 Å². The van der Waals surface area contributed by atoms with Crippen molar-refractivity contribution in [3.63, 3.8) is 0 Å². The fraction of sp³-hybridized carbons (Fsp3) is 0.192. The molecule has 1 atom stereocenters. The van der Waals surface area contributed by atoms with Crippen LogP contribution in [0.15, 0.2) is 72.6 Å². The maximum Gasteiger partial charge on any atom is 0.300 e. The minimum absolute atomic E-state index is 0.00963. The first kappa shape index (κ1) is 22.6. The average molecular weight is 463 g/mol. The molecule has 6 nitrogen and oxygen atoms in total. The third kappa shape index (κ3) is 4.34. The van der Waals surface area contributed by atoms with Gasteiger partial charge in [0.25, 0.3) is 11.7 Å². The van der Waals surface area contributed by atoms with Gasteiger partial charge in [-0.2, -0.15) is 0 Å². The number of rotatable bonds is 5. The molecule has 1 saturated heterocycles. The number of benzene rings is 2. The molecule has 168 valence electrons. The van der Waals surface area contributed by atoms with Crippen molar-refractivity contribution in [2.24, 2.45) is 0 Å². The second-order valence-electron chi connectivity index (χ2n) is 8.08. The van der Waals surface area contributed by atoms with E-state index in [1.54, 1.807) is 67.0 Å². The number of ketones is 1. The Balaban J connectivity index is 1.90. The normalized spacial score (nSPS) is 17.6. The number of anilines is 1. The van der Waals surface area contributed by atoms with Crippen LogP contribution in [0.4, 0.5) is 5.69 Å². The third-order valence-electron chi connectivity index (χ3n) is 5.38. The minimum atomic E-state index is -0.846. The number of carbonyl (C=O) groups excluding carboxylic acids is 2. The molecular formula is C26H23ClN2O4. The molecule has 0 saturated carbocycles. The molecule has 33 heavy (non-hydrogen) atoms. The summed E-state index contributed by atoms with van der Waals surface area (Å²) in [6.07, 6.45) is 3.10. The zero-order chi connectivity index (χ0) is 23.7. The monoisotopic (exact) mass is 462 g/mol. The van der Waals surface area contributed by atoms with Gasteiger partial charge in [0.15, 0.2) is 0 Å². The lowest BCUT2D eigenvalue weighted by Gasteiger charge is -2.25. The highest BCUT2D eigenvalue weighted by atomic mass is 35.5. The molecule has 4 rings (SSSR count). The molecule has 1 aromatic heterocycles. The fourth-order valence-corrected chi connectivity index (χ4v) is 4.01. The molecule has 0 bridgehead atoms. The van der Waals surface area contributed by atoms with E-state index in [1.165, 1.54) is 4.90 Å². The van der Waals surface area contributed by atoms with Crippen molar-refractivity contribution < 1.29 is 19.4 Å². The van der Waals surface area contributed by atoms with Crippen LogP contribution in [-0.2, 0) is 9.59 Å². The Labute approximate surface area is 197 Å². The molecule has 0 aliphatic carbocycles. The van der Waals surface area contributed by atoms with Gasteiger partial charge < -0.3 is 9.84 Å². The number of carbonyl (C=O) groups is 2. The molecule has 2 aromatic carbocycles. The maximum atomic E-state index is 13.2. The molecule has 2 heterocycles. The lowest BCUT2D eigenvalue weighted by molar-refractivity contribution is -0.132. The van der Waals surface area contributed by atoms with E-state index >= 15 is 0 Å². The molecule has 3 aromatic rings. The summed E-state index contributed by atoms with van der Waals surface area (Å²) in [4.78, 5) is 31.8. The molecule has 0 radical (unpaired) electrons. The Morgan fingerprint density at radius 3 is 2.48 bits per heavy atom. The quantitative estimate of drug-likeness (QED) is 0.309. The summed E-state index contributed by atoms with van der Waals surface area (Å²) in [7, 11) is 0. The van der Waals surface area contributed by atoms with Gasteiger partial charge in [0.05, 0.1) is 17.7 Å². The number of aliphatic hydroxyl groups excluding tert-OH is 1. The number of hydrogen-bond donors (Lipinski definition) is 1. The summed E-state index contributed by atoms with van der Waals surface area (Å²) < 4.78 is 5.72. The largest absolute Gasteiger partial charge is 0.507 e. The molecule has 1 unspecified atom stereocenters. The smallest absolute Gasteiger partial charge is 0.300 e. The molecular weight excluding hydrogens is 440 g/mol. The first-order chi connectivity index (χ1) is 15.8. The van der Waals surface area contributed by atoms with E-state index in [9.17, 15) is 14.7 Å². The molecule has 0 spiro atoms. The van der Waals surface area contributed by atoms with Gasteiger partial charge in [0.1, 0.15) is 11.5 Å². The summed E-state index contributed by atoms with van der Waals surface area (Å²) in [5, 5.41) is 11.7. The summed E-state index contributed by atoms with van der Waals surface area (Å²) in [5.41, 5.74) is 2.32. The van der Waals surface area contributed by atoms with Crippen molar-refractivity contribution >= 4 is 34.7 Å². The van der Waals surface area contributed by atoms with Gasteiger partial charge in [0.2, 0.25) is 0 Å². The first-order valence-electron chi connectivity index (χ1n) is 10.5. The number of hydrogen-bond acceptors (Lipinski definition) is 5. The van der Waals surface area contributed by atoms with Crippen LogP contribution < -0.4 is 9.64 Å². The number of aryl methyl sites for hydroxylation is 1. The van der Waals surface area contributed by atoms with Crippen molar-refractivity contribution in [1.29, 1.82) is 0 Å². The van der Waals surface area contributed by atoms with Gasteiger partial charge in [-0.15, -0.1) is 0 Å². The van der Waals surface area contributed by atoms with Crippen LogP contribution >= 0.6 is 11.6 Å². The number of nitrogens with zero attached hydrogens (tertiary/aromatic N) is 2. The minimum Gasteiger partial charge on any atom is -0.507 e. The maximum absolute atomic E-state index is 13.2. The van der Waals surface area contributed by atoms with Crippen molar-refractivity contribution in [2.75, 3.05) is 4.90 Å². The van der Waals surface area contributed by atoms with Crippen LogP contribution in [0.25, 0.3) is 5.76 Å². The molecule has 1 fully saturated rings. The van der Waals surface area contributed by atoms with E-state index in [0.29, 0.717) is 27.6 Å². The van der Waals surface area contributed by atoms with E-state index in [2.05, 4.69) is 4.98 Å². The Hall–Kier alpha value is -3.64. The predicted octanol–water partition coefficient (Wildman–Crippen LogP) is 5.46. The van der Waals surface area contributed by atoms with Gasteiger partial charge >= 0.3 is 0 Å². The van der Waals surface area contributed by atoms with Crippen molar-refractivity contribution in [3.8, 4) is 5.75 Å². The molecule has 7 heteroatoms. The Kier molecular flexibility index (Phi) is 6.20. The van der Waals surface area contributed by atoms with E-state index < -0.39 is 17.7 Å². The standard InChI is InChI=1S/C26H23ClN2O4/c1-15(2)33-20-6-4-5-18(13-20)24(30)22-23(17-9-11-28-12-10-17)29(26(32)25(22)31)19-8-7-16(3)21(27)14-19/h4-15,23,30H,1-3H3/b24-22+. The highest BCUT2D eigenvalue weighted by molar-refractivity contribution is 6.51. The second kappa shape index (κ2) is 9.08. The Bertz CT molecular complexity index is 1250. The number of aliphatic hydroxyl groups is 1. The van der Waals surface area contributed by atoms with Crippen LogP contribution in [0.3, 0.4) is 0 Å². The molecule has 1 amide bonds. The van der Waals surface area contributed by atoms with Gasteiger partial charge in [-0.25, -0.2) is 0 Å². The number of amides is 1. The van der Waals surface area contributed by atoms with E-state index in [1.807, 2.05) is 20.8 Å². The predicted molar refractivity (Wildman–Crippen MR) is 127 cm³/mol. The van der Waals surface area contributed by atoms with Crippen LogP contribution in [0.2, 0.25) is 5.02 Å². The van der Waals surface area contributed by atoms with Gasteiger partial charge in [-0.05, 0) is 68.3 Å². The van der Waals surface area contributed by atoms with Gasteiger partial charge in [-0.3, -0.25) is 19.5 Å². The van der Waals surface area contributed by atoms with Crippen LogP contribution in [0, 0.1) is 6.92 Å². The van der Waals surface area contributed by atoms with Gasteiger partial charge in [0, 0.05) is 28.7 Å². The zero-order valence-corrected chi connectivity index (χ0v) is 19.2. The Morgan fingerprint density at radius 1 is 1.09 bits per heavy atom. The molecule has 1 N–H and O–H groups in total. The topological polar surface area (TPSA) is 79.7 Å². The number of halogens is 1. The zero-order valence-electron chi connectivity index (χ0n) is 18.4. The number of ether oxygens (including phenoxy) is 1. The molecule has 1 aliphatic rings. The summed E-state index contributed by atoms with van der Waals surface area (Å²) in [6, 6.07) is 14.6. The van der Waals surface area contributed by atoms with Crippen molar-refractivity contribution in [2.45, 2.75) is 32.9 Å². The highest BCUT2D eigenvalue weighted by Gasteiger charge is 2.47. The lowest BCUT2D eigenvalue weighted by Crippen LogP contribution is -2.29. The number of pyridine rings is 1. The lowest BCUT2D eigenvalue weighted by atomic mass is 9.95.